The van der Waals surface area contributed by atoms with Crippen LogP contribution in [0.4, 0.5) is 0 Å². The summed E-state index contributed by atoms with van der Waals surface area (Å²) in [7, 11) is 1.44. The number of benzene rings is 1. The van der Waals surface area contributed by atoms with E-state index in [4.69, 9.17) is 21.6 Å². The van der Waals surface area contributed by atoms with Crippen molar-refractivity contribution in [1.29, 1.82) is 5.26 Å². The van der Waals surface area contributed by atoms with Crippen LogP contribution in [-0.4, -0.2) is 25.0 Å². The molecule has 0 atom stereocenters. The number of hydrazone groups is 1. The molecular formula is C11H12ClN3O2. The van der Waals surface area contributed by atoms with Gasteiger partial charge in [-0.05, 0) is 6.07 Å². The monoisotopic (exact) mass is 253 g/mol. The number of phenols is 1. The molecule has 1 aromatic carbocycles. The molecular weight excluding hydrogens is 242 g/mol. The number of nitrogens with one attached hydrogen (secondary N) is 1. The van der Waals surface area contributed by atoms with E-state index in [1.807, 2.05) is 6.07 Å². The van der Waals surface area contributed by atoms with Crippen LogP contribution in [0.1, 0.15) is 12.0 Å². The number of ether oxygens (including phenoxy) is 1. The molecule has 6 heteroatoms. The first-order chi connectivity index (χ1) is 8.19. The van der Waals surface area contributed by atoms with Gasteiger partial charge in [0.25, 0.3) is 0 Å². The van der Waals surface area contributed by atoms with Gasteiger partial charge in [-0.3, -0.25) is 0 Å². The molecule has 0 aliphatic rings. The summed E-state index contributed by atoms with van der Waals surface area (Å²) in [4.78, 5) is 0. The van der Waals surface area contributed by atoms with Crippen LogP contribution in [0.25, 0.3) is 0 Å². The van der Waals surface area contributed by atoms with Crippen LogP contribution in [0.5, 0.6) is 11.5 Å². The molecule has 1 rings (SSSR count). The lowest BCUT2D eigenvalue weighted by molar-refractivity contribution is 0.373. The lowest BCUT2D eigenvalue weighted by Gasteiger charge is -2.06. The highest BCUT2D eigenvalue weighted by molar-refractivity contribution is 6.31. The zero-order valence-corrected chi connectivity index (χ0v) is 10.0. The number of aromatic hydroxyl groups is 1. The van der Waals surface area contributed by atoms with Gasteiger partial charge in [0.15, 0.2) is 11.5 Å². The van der Waals surface area contributed by atoms with Gasteiger partial charge in [0, 0.05) is 23.2 Å². The first-order valence-electron chi connectivity index (χ1n) is 4.88. The molecule has 0 spiro atoms. The molecule has 90 valence electrons. The molecule has 0 aromatic heterocycles. The van der Waals surface area contributed by atoms with Crippen LogP contribution in [-0.2, 0) is 0 Å². The van der Waals surface area contributed by atoms with E-state index >= 15 is 0 Å². The Kier molecular flexibility index (Phi) is 5.11. The number of halogens is 1. The topological polar surface area (TPSA) is 77.6 Å². The minimum atomic E-state index is -0.0252. The van der Waals surface area contributed by atoms with E-state index in [9.17, 15) is 5.11 Å². The second-order valence-corrected chi connectivity index (χ2v) is 3.56. The fourth-order valence-electron chi connectivity index (χ4n) is 1.14. The molecule has 0 unspecified atom stereocenters. The van der Waals surface area contributed by atoms with Crippen molar-refractivity contribution in [2.75, 3.05) is 13.7 Å². The maximum absolute atomic E-state index is 9.76. The third kappa shape index (κ3) is 3.85. The molecule has 0 radical (unpaired) electrons. The highest BCUT2D eigenvalue weighted by atomic mass is 35.5. The van der Waals surface area contributed by atoms with Gasteiger partial charge >= 0.3 is 0 Å². The van der Waals surface area contributed by atoms with Gasteiger partial charge in [0.05, 0.1) is 25.8 Å². The smallest absolute Gasteiger partial charge is 0.166 e. The van der Waals surface area contributed by atoms with E-state index in [2.05, 4.69) is 10.5 Å². The van der Waals surface area contributed by atoms with Gasteiger partial charge in [0.1, 0.15) is 0 Å². The third-order valence-corrected chi connectivity index (χ3v) is 2.15. The van der Waals surface area contributed by atoms with Gasteiger partial charge in [0.2, 0.25) is 0 Å². The van der Waals surface area contributed by atoms with Crippen molar-refractivity contribution in [1.82, 2.24) is 5.43 Å². The third-order valence-electron chi connectivity index (χ3n) is 1.93. The predicted octanol–water partition coefficient (Wildman–Crippen LogP) is 1.89. The molecule has 0 saturated heterocycles. The van der Waals surface area contributed by atoms with Crippen molar-refractivity contribution in [3.05, 3.63) is 22.7 Å². The van der Waals surface area contributed by atoms with Crippen molar-refractivity contribution < 1.29 is 9.84 Å². The molecule has 0 fully saturated rings. The maximum Gasteiger partial charge on any atom is 0.166 e. The Balaban J connectivity index is 2.77. The van der Waals surface area contributed by atoms with Crippen LogP contribution in [0.15, 0.2) is 17.2 Å². The molecule has 17 heavy (non-hydrogen) atoms. The van der Waals surface area contributed by atoms with Crippen molar-refractivity contribution >= 4 is 17.8 Å². The van der Waals surface area contributed by atoms with Crippen molar-refractivity contribution in [3.8, 4) is 17.6 Å². The van der Waals surface area contributed by atoms with Gasteiger partial charge < -0.3 is 15.3 Å². The van der Waals surface area contributed by atoms with Gasteiger partial charge in [-0.2, -0.15) is 10.4 Å². The van der Waals surface area contributed by atoms with Crippen LogP contribution in [0, 0.1) is 11.3 Å². The fraction of sp³-hybridized carbons (Fsp3) is 0.273. The second kappa shape index (κ2) is 6.61. The lowest BCUT2D eigenvalue weighted by Crippen LogP contribution is -2.06. The van der Waals surface area contributed by atoms with E-state index in [0.717, 1.165) is 0 Å². The maximum atomic E-state index is 9.76. The highest BCUT2D eigenvalue weighted by Gasteiger charge is 2.07. The summed E-state index contributed by atoms with van der Waals surface area (Å²) in [5.74, 6) is 0.263. The van der Waals surface area contributed by atoms with E-state index in [-0.39, 0.29) is 11.5 Å². The van der Waals surface area contributed by atoms with Crippen LogP contribution < -0.4 is 10.2 Å². The lowest BCUT2D eigenvalue weighted by atomic mass is 10.2. The number of methoxy groups -OCH3 is 1. The van der Waals surface area contributed by atoms with Gasteiger partial charge in [-0.25, -0.2) is 0 Å². The largest absolute Gasteiger partial charge is 0.504 e. The Morgan fingerprint density at radius 3 is 3.06 bits per heavy atom. The van der Waals surface area contributed by atoms with E-state index < -0.39 is 0 Å². The minimum absolute atomic E-state index is 0.0252. The quantitative estimate of drug-likeness (QED) is 0.477. The number of nitrogens with zero attached hydrogens (tertiary/aromatic N) is 2. The Bertz CT molecular complexity index is 455. The number of phenolic OH excluding ortho intramolecular Hbond substituents is 1. The molecule has 0 bridgehead atoms. The average Bonchev–Trinajstić information content (AvgIpc) is 2.32. The van der Waals surface area contributed by atoms with Crippen molar-refractivity contribution in [3.63, 3.8) is 0 Å². The second-order valence-electron chi connectivity index (χ2n) is 3.12. The molecule has 2 N–H and O–H groups in total. The van der Waals surface area contributed by atoms with Crippen LogP contribution in [0.3, 0.4) is 0 Å². The first-order valence-corrected chi connectivity index (χ1v) is 5.26. The summed E-state index contributed by atoms with van der Waals surface area (Å²) in [6.07, 6.45) is 1.78. The fourth-order valence-corrected chi connectivity index (χ4v) is 1.36. The molecule has 0 heterocycles. The summed E-state index contributed by atoms with van der Waals surface area (Å²) in [5, 5.41) is 22.4. The minimum Gasteiger partial charge on any atom is -0.504 e. The molecule has 0 aliphatic heterocycles. The molecule has 0 amide bonds. The zero-order chi connectivity index (χ0) is 12.7. The predicted molar refractivity (Wildman–Crippen MR) is 65.5 cm³/mol. The standard InChI is InChI=1S/C11H12ClN3O2/c1-17-10-6-9(12)5-8(11(10)16)7-15-14-4-2-3-13/h5-7,14,16H,2,4H2,1H3. The summed E-state index contributed by atoms with van der Waals surface area (Å²) in [5.41, 5.74) is 3.11. The Morgan fingerprint density at radius 2 is 2.41 bits per heavy atom. The number of rotatable bonds is 5. The molecule has 1 aromatic rings. The Hall–Kier alpha value is -1.93. The number of hydrogen-bond donors (Lipinski definition) is 2. The van der Waals surface area contributed by atoms with Gasteiger partial charge in [-0.1, -0.05) is 11.6 Å². The van der Waals surface area contributed by atoms with E-state index in [0.29, 0.717) is 23.6 Å². The van der Waals surface area contributed by atoms with E-state index in [1.54, 1.807) is 6.07 Å². The number of nitriles is 1. The normalized spacial score (nSPS) is 10.2. The molecule has 5 nitrogen and oxygen atoms in total. The van der Waals surface area contributed by atoms with Gasteiger partial charge in [-0.15, -0.1) is 0 Å². The average molecular weight is 254 g/mol. The number of hydrogen-bond acceptors (Lipinski definition) is 5. The summed E-state index contributed by atoms with van der Waals surface area (Å²) in [6.45, 7) is 0.450. The molecule has 0 aliphatic carbocycles. The van der Waals surface area contributed by atoms with Crippen molar-refractivity contribution in [2.45, 2.75) is 6.42 Å². The first kappa shape index (κ1) is 13.1. The highest BCUT2D eigenvalue weighted by Crippen LogP contribution is 2.32. The summed E-state index contributed by atoms with van der Waals surface area (Å²) >= 11 is 5.85. The van der Waals surface area contributed by atoms with Crippen LogP contribution in [0.2, 0.25) is 5.02 Å². The Morgan fingerprint density at radius 1 is 1.65 bits per heavy atom. The van der Waals surface area contributed by atoms with Crippen LogP contribution >= 0.6 is 11.6 Å². The zero-order valence-electron chi connectivity index (χ0n) is 9.27. The SMILES string of the molecule is COc1cc(Cl)cc(C=NNCCC#N)c1O. The van der Waals surface area contributed by atoms with Crippen molar-refractivity contribution in [2.24, 2.45) is 5.10 Å². The molecule has 0 saturated carbocycles. The summed E-state index contributed by atoms with van der Waals surface area (Å²) in [6, 6.07) is 5.05. The summed E-state index contributed by atoms with van der Waals surface area (Å²) < 4.78 is 4.95. The Labute approximate surface area is 104 Å². The van der Waals surface area contributed by atoms with E-state index in [1.165, 1.54) is 19.4 Å².